The van der Waals surface area contributed by atoms with Gasteiger partial charge in [-0.1, -0.05) is 13.0 Å². The first-order chi connectivity index (χ1) is 12.9. The van der Waals surface area contributed by atoms with Crippen molar-refractivity contribution in [3.63, 3.8) is 0 Å². The van der Waals surface area contributed by atoms with Crippen LogP contribution < -0.4 is 16.2 Å². The summed E-state index contributed by atoms with van der Waals surface area (Å²) in [4.78, 5) is 47.6. The molecule has 1 atom stereocenters. The summed E-state index contributed by atoms with van der Waals surface area (Å²) in [5.74, 6) is -1.06. The first-order valence-corrected chi connectivity index (χ1v) is 8.74. The van der Waals surface area contributed by atoms with Gasteiger partial charge in [-0.05, 0) is 25.5 Å². The van der Waals surface area contributed by atoms with Crippen LogP contribution in [0.1, 0.15) is 36.5 Å². The number of benzene rings is 1. The maximum absolute atomic E-state index is 12.0. The second kappa shape index (κ2) is 9.62. The van der Waals surface area contributed by atoms with Crippen molar-refractivity contribution in [2.45, 2.75) is 32.2 Å². The fourth-order valence-electron chi connectivity index (χ4n) is 2.85. The number of piperidine rings is 1. The zero-order chi connectivity index (χ0) is 19.8. The van der Waals surface area contributed by atoms with Gasteiger partial charge in [0.25, 0.3) is 17.5 Å². The minimum absolute atomic E-state index is 0.0125. The third-order valence-electron chi connectivity index (χ3n) is 4.19. The van der Waals surface area contributed by atoms with Crippen molar-refractivity contribution >= 4 is 23.4 Å². The predicted molar refractivity (Wildman–Crippen MR) is 96.6 cm³/mol. The van der Waals surface area contributed by atoms with Gasteiger partial charge in [0.15, 0.2) is 0 Å². The second-order valence-electron chi connectivity index (χ2n) is 6.31. The molecule has 0 aromatic heterocycles. The maximum atomic E-state index is 12.0. The Labute approximate surface area is 156 Å². The van der Waals surface area contributed by atoms with Crippen LogP contribution in [0, 0.1) is 10.1 Å². The molecule has 146 valence electrons. The zero-order valence-electron chi connectivity index (χ0n) is 15.1. The number of amides is 3. The lowest BCUT2D eigenvalue weighted by atomic mass is 10.1. The van der Waals surface area contributed by atoms with Crippen molar-refractivity contribution in [1.82, 2.24) is 21.1 Å². The van der Waals surface area contributed by atoms with E-state index in [9.17, 15) is 24.5 Å². The number of nitro groups is 1. The lowest BCUT2D eigenvalue weighted by Gasteiger charge is -2.32. The Kier molecular flexibility index (Phi) is 7.24. The minimum Gasteiger partial charge on any atom is -0.352 e. The highest BCUT2D eigenvalue weighted by Crippen LogP contribution is 2.13. The number of non-ortho nitro benzene ring substituents is 1. The monoisotopic (exact) mass is 377 g/mol. The average Bonchev–Trinajstić information content (AvgIpc) is 2.66. The van der Waals surface area contributed by atoms with E-state index in [4.69, 9.17) is 0 Å². The number of carbonyl (C=O) groups is 3. The Balaban J connectivity index is 1.80. The molecule has 10 heteroatoms. The van der Waals surface area contributed by atoms with Crippen LogP contribution in [0.3, 0.4) is 0 Å². The minimum atomic E-state index is -0.640. The second-order valence-corrected chi connectivity index (χ2v) is 6.31. The van der Waals surface area contributed by atoms with Crippen LogP contribution in [-0.2, 0) is 9.59 Å². The quantitative estimate of drug-likeness (QED) is 0.484. The van der Waals surface area contributed by atoms with Gasteiger partial charge in [-0.3, -0.25) is 40.2 Å². The van der Waals surface area contributed by atoms with Crippen molar-refractivity contribution in [3.8, 4) is 0 Å². The Morgan fingerprint density at radius 1 is 1.26 bits per heavy atom. The molecule has 27 heavy (non-hydrogen) atoms. The number of rotatable bonds is 6. The highest BCUT2D eigenvalue weighted by Gasteiger charge is 2.22. The van der Waals surface area contributed by atoms with E-state index in [1.807, 2.05) is 4.90 Å². The van der Waals surface area contributed by atoms with Crippen LogP contribution in [0.15, 0.2) is 24.3 Å². The first kappa shape index (κ1) is 20.3. The molecule has 1 heterocycles. The number of hydrogen-bond donors (Lipinski definition) is 3. The Morgan fingerprint density at radius 3 is 2.74 bits per heavy atom. The molecule has 0 spiro atoms. The summed E-state index contributed by atoms with van der Waals surface area (Å²) >= 11 is 0. The molecule has 1 saturated heterocycles. The van der Waals surface area contributed by atoms with Gasteiger partial charge in [0, 0.05) is 36.7 Å². The molecule has 0 radical (unpaired) electrons. The van der Waals surface area contributed by atoms with Gasteiger partial charge in [-0.25, -0.2) is 0 Å². The predicted octanol–water partition coefficient (Wildman–Crippen LogP) is 0.346. The van der Waals surface area contributed by atoms with E-state index in [-0.39, 0.29) is 29.7 Å². The first-order valence-electron chi connectivity index (χ1n) is 8.74. The number of carbonyl (C=O) groups excluding carboxylic acids is 3. The Morgan fingerprint density at radius 2 is 2.04 bits per heavy atom. The summed E-state index contributed by atoms with van der Waals surface area (Å²) < 4.78 is 0. The molecule has 1 aliphatic heterocycles. The van der Waals surface area contributed by atoms with Gasteiger partial charge in [0.05, 0.1) is 11.5 Å². The topological polar surface area (TPSA) is 134 Å². The third-order valence-corrected chi connectivity index (χ3v) is 4.19. The fraction of sp³-hybridized carbons (Fsp3) is 0.471. The molecule has 2 rings (SSSR count). The lowest BCUT2D eigenvalue weighted by molar-refractivity contribution is -0.384. The van der Waals surface area contributed by atoms with Gasteiger partial charge in [-0.15, -0.1) is 0 Å². The van der Waals surface area contributed by atoms with Crippen molar-refractivity contribution in [1.29, 1.82) is 0 Å². The largest absolute Gasteiger partial charge is 0.352 e. The summed E-state index contributed by atoms with van der Waals surface area (Å²) in [6.45, 7) is 3.16. The standard InChI is InChI=1S/C17H23N5O5/c1-2-15(23)18-13-6-4-8-21(10-13)11-16(24)19-20-17(25)12-5-3-7-14(9-12)22(26)27/h3,5,7,9,13H,2,4,6,8,10-11H2,1H3,(H,18,23)(H,19,24)(H,20,25). The van der Waals surface area contributed by atoms with Crippen LogP contribution in [-0.4, -0.2) is 53.2 Å². The number of hydrogen-bond acceptors (Lipinski definition) is 6. The van der Waals surface area contributed by atoms with Gasteiger partial charge in [0.1, 0.15) is 0 Å². The van der Waals surface area contributed by atoms with E-state index in [0.29, 0.717) is 13.0 Å². The summed E-state index contributed by atoms with van der Waals surface area (Å²) in [5.41, 5.74) is 4.42. The molecule has 3 amide bonds. The van der Waals surface area contributed by atoms with Crippen LogP contribution in [0.25, 0.3) is 0 Å². The number of nitrogens with zero attached hydrogens (tertiary/aromatic N) is 2. The van der Waals surface area contributed by atoms with Crippen LogP contribution in [0.5, 0.6) is 0 Å². The molecule has 1 aromatic rings. The SMILES string of the molecule is CCC(=O)NC1CCCN(CC(=O)NNC(=O)c2cccc([N+](=O)[O-])c2)C1. The molecule has 0 aliphatic carbocycles. The van der Waals surface area contributed by atoms with Crippen LogP contribution >= 0.6 is 0 Å². The van der Waals surface area contributed by atoms with Crippen molar-refractivity contribution < 1.29 is 19.3 Å². The van der Waals surface area contributed by atoms with Gasteiger partial charge >= 0.3 is 0 Å². The molecule has 0 saturated carbocycles. The number of nitrogens with one attached hydrogen (secondary N) is 3. The lowest BCUT2D eigenvalue weighted by Crippen LogP contribution is -2.52. The maximum Gasteiger partial charge on any atom is 0.270 e. The normalized spacial score (nSPS) is 17.0. The molecule has 0 bridgehead atoms. The molecular weight excluding hydrogens is 354 g/mol. The summed E-state index contributed by atoms with van der Waals surface area (Å²) in [7, 11) is 0. The van der Waals surface area contributed by atoms with E-state index >= 15 is 0 Å². The van der Waals surface area contributed by atoms with E-state index in [0.717, 1.165) is 25.5 Å². The van der Waals surface area contributed by atoms with Crippen molar-refractivity contribution in [2.75, 3.05) is 19.6 Å². The molecular formula is C17H23N5O5. The van der Waals surface area contributed by atoms with Gasteiger partial charge in [0.2, 0.25) is 5.91 Å². The Hall–Kier alpha value is -3.01. The molecule has 1 aliphatic rings. The molecule has 1 fully saturated rings. The van der Waals surface area contributed by atoms with E-state index in [1.165, 1.54) is 18.2 Å². The average molecular weight is 377 g/mol. The van der Waals surface area contributed by atoms with Crippen molar-refractivity contribution in [2.24, 2.45) is 0 Å². The fourth-order valence-corrected chi connectivity index (χ4v) is 2.85. The van der Waals surface area contributed by atoms with Gasteiger partial charge in [-0.2, -0.15) is 0 Å². The smallest absolute Gasteiger partial charge is 0.270 e. The van der Waals surface area contributed by atoms with Crippen LogP contribution in [0.2, 0.25) is 0 Å². The van der Waals surface area contributed by atoms with Crippen LogP contribution in [0.4, 0.5) is 5.69 Å². The Bertz CT molecular complexity index is 723. The zero-order valence-corrected chi connectivity index (χ0v) is 15.1. The van der Waals surface area contributed by atoms with E-state index < -0.39 is 16.7 Å². The molecule has 1 aromatic carbocycles. The van der Waals surface area contributed by atoms with Crippen molar-refractivity contribution in [3.05, 3.63) is 39.9 Å². The number of hydrazine groups is 1. The molecule has 10 nitrogen and oxygen atoms in total. The summed E-state index contributed by atoms with van der Waals surface area (Å²) in [6, 6.07) is 5.23. The molecule has 3 N–H and O–H groups in total. The number of nitro benzene ring substituents is 1. The highest BCUT2D eigenvalue weighted by atomic mass is 16.6. The van der Waals surface area contributed by atoms with E-state index in [1.54, 1.807) is 6.92 Å². The van der Waals surface area contributed by atoms with E-state index in [2.05, 4.69) is 16.2 Å². The third kappa shape index (κ3) is 6.33. The highest BCUT2D eigenvalue weighted by molar-refractivity contribution is 5.96. The molecule has 1 unspecified atom stereocenters. The summed E-state index contributed by atoms with van der Waals surface area (Å²) in [6.07, 6.45) is 2.15. The number of likely N-dealkylation sites (tertiary alicyclic amines) is 1. The summed E-state index contributed by atoms with van der Waals surface area (Å²) in [5, 5.41) is 13.7. The van der Waals surface area contributed by atoms with Gasteiger partial charge < -0.3 is 5.32 Å².